The number of hydrogen-bond donors (Lipinski definition) is 2. The van der Waals surface area contributed by atoms with Gasteiger partial charge in [-0.05, 0) is 25.5 Å². The molecule has 0 saturated heterocycles. The van der Waals surface area contributed by atoms with E-state index in [1.54, 1.807) is 6.20 Å². The Morgan fingerprint density at radius 2 is 2.37 bits per heavy atom. The van der Waals surface area contributed by atoms with Gasteiger partial charge in [0.25, 0.3) is 0 Å². The van der Waals surface area contributed by atoms with Crippen LogP contribution in [0, 0.1) is 6.92 Å². The zero-order valence-electron chi connectivity index (χ0n) is 10.8. The third-order valence-corrected chi connectivity index (χ3v) is 2.44. The molecule has 1 amide bonds. The highest BCUT2D eigenvalue weighted by Crippen LogP contribution is 2.08. The summed E-state index contributed by atoms with van der Waals surface area (Å²) in [6, 6.07) is 3.96. The van der Waals surface area contributed by atoms with Crippen LogP contribution in [0.3, 0.4) is 0 Å². The molecule has 7 heteroatoms. The molecule has 0 spiro atoms. The highest BCUT2D eigenvalue weighted by Gasteiger charge is 2.10. The first-order valence-corrected chi connectivity index (χ1v) is 5.94. The SMILES string of the molecule is CCOc1n[nH]c(NC(=O)Cc2ncccc2C)n1. The second-order valence-corrected chi connectivity index (χ2v) is 3.89. The van der Waals surface area contributed by atoms with Gasteiger partial charge in [0.2, 0.25) is 11.9 Å². The van der Waals surface area contributed by atoms with Gasteiger partial charge in [0.05, 0.1) is 18.7 Å². The van der Waals surface area contributed by atoms with Crippen molar-refractivity contribution in [1.29, 1.82) is 0 Å². The van der Waals surface area contributed by atoms with Crippen LogP contribution in [-0.2, 0) is 11.2 Å². The van der Waals surface area contributed by atoms with Crippen molar-refractivity contribution < 1.29 is 9.53 Å². The lowest BCUT2D eigenvalue weighted by atomic mass is 10.1. The minimum atomic E-state index is -0.207. The number of nitrogens with zero attached hydrogens (tertiary/aromatic N) is 3. The fraction of sp³-hybridized carbons (Fsp3) is 0.333. The lowest BCUT2D eigenvalue weighted by Crippen LogP contribution is -2.16. The van der Waals surface area contributed by atoms with Crippen LogP contribution >= 0.6 is 0 Å². The molecule has 19 heavy (non-hydrogen) atoms. The van der Waals surface area contributed by atoms with E-state index >= 15 is 0 Å². The van der Waals surface area contributed by atoms with Crippen LogP contribution in [0.4, 0.5) is 5.95 Å². The van der Waals surface area contributed by atoms with Gasteiger partial charge in [0, 0.05) is 6.20 Å². The largest absolute Gasteiger partial charge is 0.463 e. The predicted molar refractivity (Wildman–Crippen MR) is 68.9 cm³/mol. The normalized spacial score (nSPS) is 10.2. The molecule has 0 aliphatic heterocycles. The first kappa shape index (κ1) is 13.0. The summed E-state index contributed by atoms with van der Waals surface area (Å²) in [4.78, 5) is 19.9. The zero-order chi connectivity index (χ0) is 13.7. The predicted octanol–water partition coefficient (Wildman–Crippen LogP) is 1.09. The van der Waals surface area contributed by atoms with E-state index in [2.05, 4.69) is 25.5 Å². The number of carbonyl (C=O) groups is 1. The molecule has 0 bridgehead atoms. The topological polar surface area (TPSA) is 92.8 Å². The van der Waals surface area contributed by atoms with E-state index in [0.717, 1.165) is 11.3 Å². The average molecular weight is 261 g/mol. The molecule has 0 aromatic carbocycles. The second-order valence-electron chi connectivity index (χ2n) is 3.89. The van der Waals surface area contributed by atoms with Crippen molar-refractivity contribution in [2.24, 2.45) is 0 Å². The van der Waals surface area contributed by atoms with Gasteiger partial charge in [-0.25, -0.2) is 5.10 Å². The monoisotopic (exact) mass is 261 g/mol. The number of pyridine rings is 1. The van der Waals surface area contributed by atoms with Gasteiger partial charge >= 0.3 is 6.01 Å². The van der Waals surface area contributed by atoms with Crippen LogP contribution in [-0.4, -0.2) is 32.7 Å². The van der Waals surface area contributed by atoms with Crippen molar-refractivity contribution in [3.8, 4) is 6.01 Å². The minimum absolute atomic E-state index is 0.192. The third kappa shape index (κ3) is 3.51. The summed E-state index contributed by atoms with van der Waals surface area (Å²) < 4.78 is 5.09. The molecule has 0 aliphatic rings. The maximum Gasteiger partial charge on any atom is 0.337 e. The summed E-state index contributed by atoms with van der Waals surface area (Å²) in [6.45, 7) is 4.22. The number of aromatic nitrogens is 4. The van der Waals surface area contributed by atoms with Crippen molar-refractivity contribution in [3.05, 3.63) is 29.6 Å². The van der Waals surface area contributed by atoms with Crippen LogP contribution < -0.4 is 10.1 Å². The molecule has 0 saturated carbocycles. The fourth-order valence-corrected chi connectivity index (χ4v) is 1.53. The first-order chi connectivity index (χ1) is 9.19. The van der Waals surface area contributed by atoms with Crippen LogP contribution in [0.1, 0.15) is 18.2 Å². The highest BCUT2D eigenvalue weighted by molar-refractivity contribution is 5.90. The number of H-pyrrole nitrogens is 1. The molecule has 0 radical (unpaired) electrons. The Hall–Kier alpha value is -2.44. The average Bonchev–Trinajstić information content (AvgIpc) is 2.80. The Balaban J connectivity index is 1.95. The molecule has 2 rings (SSSR count). The third-order valence-electron chi connectivity index (χ3n) is 2.44. The summed E-state index contributed by atoms with van der Waals surface area (Å²) in [7, 11) is 0. The van der Waals surface area contributed by atoms with E-state index in [9.17, 15) is 4.79 Å². The van der Waals surface area contributed by atoms with Crippen molar-refractivity contribution in [2.75, 3.05) is 11.9 Å². The molecular formula is C12H15N5O2. The number of ether oxygens (including phenoxy) is 1. The fourth-order valence-electron chi connectivity index (χ4n) is 1.53. The molecule has 100 valence electrons. The van der Waals surface area contributed by atoms with Gasteiger partial charge in [-0.3, -0.25) is 15.1 Å². The molecule has 2 aromatic heterocycles. The maximum atomic E-state index is 11.8. The Morgan fingerprint density at radius 1 is 1.53 bits per heavy atom. The Kier molecular flexibility index (Phi) is 4.07. The lowest BCUT2D eigenvalue weighted by Gasteiger charge is -2.03. The van der Waals surface area contributed by atoms with E-state index in [-0.39, 0.29) is 24.3 Å². The van der Waals surface area contributed by atoms with Gasteiger partial charge in [-0.1, -0.05) is 6.07 Å². The van der Waals surface area contributed by atoms with Crippen LogP contribution in [0.2, 0.25) is 0 Å². The number of rotatable bonds is 5. The standard InChI is InChI=1S/C12H15N5O2/c1-3-19-12-15-11(16-17-12)14-10(18)7-9-8(2)5-4-6-13-9/h4-6H,3,7H2,1-2H3,(H2,14,15,16,17,18). The van der Waals surface area contributed by atoms with Crippen LogP contribution in [0.5, 0.6) is 6.01 Å². The number of anilines is 1. The quantitative estimate of drug-likeness (QED) is 0.840. The summed E-state index contributed by atoms with van der Waals surface area (Å²) >= 11 is 0. The van der Waals surface area contributed by atoms with E-state index in [0.29, 0.717) is 6.61 Å². The van der Waals surface area contributed by atoms with Gasteiger partial charge in [0.15, 0.2) is 0 Å². The molecule has 7 nitrogen and oxygen atoms in total. The van der Waals surface area contributed by atoms with E-state index < -0.39 is 0 Å². The summed E-state index contributed by atoms with van der Waals surface area (Å²) in [5.41, 5.74) is 1.72. The number of hydrogen-bond acceptors (Lipinski definition) is 5. The zero-order valence-corrected chi connectivity index (χ0v) is 10.8. The maximum absolute atomic E-state index is 11.8. The van der Waals surface area contributed by atoms with Crippen LogP contribution in [0.25, 0.3) is 0 Å². The second kappa shape index (κ2) is 5.94. The number of nitrogens with one attached hydrogen (secondary N) is 2. The summed E-state index contributed by atoms with van der Waals surface area (Å²) in [5, 5.41) is 8.99. The van der Waals surface area contributed by atoms with E-state index in [1.807, 2.05) is 26.0 Å². The molecule has 0 fully saturated rings. The molecule has 2 aromatic rings. The smallest absolute Gasteiger partial charge is 0.337 e. The van der Waals surface area contributed by atoms with Gasteiger partial charge in [-0.2, -0.15) is 4.98 Å². The molecule has 2 N–H and O–H groups in total. The lowest BCUT2D eigenvalue weighted by molar-refractivity contribution is -0.115. The van der Waals surface area contributed by atoms with Gasteiger partial charge in [0.1, 0.15) is 0 Å². The van der Waals surface area contributed by atoms with Crippen molar-refractivity contribution in [2.45, 2.75) is 20.3 Å². The Labute approximate surface area is 110 Å². The molecule has 2 heterocycles. The number of aryl methyl sites for hydroxylation is 1. The number of aromatic amines is 1. The molecule has 0 unspecified atom stereocenters. The first-order valence-electron chi connectivity index (χ1n) is 5.94. The van der Waals surface area contributed by atoms with Crippen LogP contribution in [0.15, 0.2) is 18.3 Å². The number of amides is 1. The number of carbonyl (C=O) groups excluding carboxylic acids is 1. The van der Waals surface area contributed by atoms with E-state index in [4.69, 9.17) is 4.74 Å². The van der Waals surface area contributed by atoms with Crippen molar-refractivity contribution >= 4 is 11.9 Å². The highest BCUT2D eigenvalue weighted by atomic mass is 16.5. The van der Waals surface area contributed by atoms with Gasteiger partial charge in [-0.15, -0.1) is 5.10 Å². The summed E-state index contributed by atoms with van der Waals surface area (Å²) in [6.07, 6.45) is 1.86. The van der Waals surface area contributed by atoms with E-state index in [1.165, 1.54) is 0 Å². The van der Waals surface area contributed by atoms with Crippen molar-refractivity contribution in [3.63, 3.8) is 0 Å². The molecular weight excluding hydrogens is 246 g/mol. The summed E-state index contributed by atoms with van der Waals surface area (Å²) in [5.74, 6) is 0.0584. The van der Waals surface area contributed by atoms with Gasteiger partial charge < -0.3 is 4.74 Å². The minimum Gasteiger partial charge on any atom is -0.463 e. The molecule has 0 aliphatic carbocycles. The Bertz CT molecular complexity index is 567. The molecule has 0 atom stereocenters. The Morgan fingerprint density at radius 3 is 3.11 bits per heavy atom. The van der Waals surface area contributed by atoms with Crippen molar-refractivity contribution in [1.82, 2.24) is 20.2 Å².